The van der Waals surface area contributed by atoms with Crippen molar-refractivity contribution >= 4 is 16.9 Å². The molecule has 8 nitrogen and oxygen atoms in total. The Morgan fingerprint density at radius 3 is 2.81 bits per heavy atom. The lowest BCUT2D eigenvalue weighted by molar-refractivity contribution is -0.121. The maximum atomic E-state index is 12.0. The fraction of sp³-hybridized carbons (Fsp3) is 0.389. The lowest BCUT2D eigenvalue weighted by atomic mass is 10.2. The molecule has 2 heterocycles. The van der Waals surface area contributed by atoms with Crippen molar-refractivity contribution < 1.29 is 4.79 Å². The summed E-state index contributed by atoms with van der Waals surface area (Å²) in [5.74, 6) is 1.53. The average molecular weight is 354 g/mol. The van der Waals surface area contributed by atoms with Crippen molar-refractivity contribution in [3.8, 4) is 0 Å². The van der Waals surface area contributed by atoms with E-state index in [0.717, 1.165) is 23.6 Å². The van der Waals surface area contributed by atoms with Crippen LogP contribution in [0.1, 0.15) is 30.2 Å². The van der Waals surface area contributed by atoms with Gasteiger partial charge in [-0.15, -0.1) is 0 Å². The smallest absolute Gasteiger partial charge is 0.270 e. The summed E-state index contributed by atoms with van der Waals surface area (Å²) >= 11 is 0. The molecular weight excluding hydrogens is 332 g/mol. The number of amides is 1. The number of fused-ring (bicyclic) bond motifs is 1. The molecule has 1 amide bonds. The number of hydrogen-bond acceptors (Lipinski definition) is 5. The molecule has 2 N–H and O–H groups in total. The second-order valence-corrected chi connectivity index (χ2v) is 6.16. The van der Waals surface area contributed by atoms with Crippen LogP contribution in [0.3, 0.4) is 0 Å². The summed E-state index contributed by atoms with van der Waals surface area (Å²) in [7, 11) is 0. The first-order valence-corrected chi connectivity index (χ1v) is 8.65. The Morgan fingerprint density at radius 1 is 1.23 bits per heavy atom. The Bertz CT molecular complexity index is 975. The first kappa shape index (κ1) is 17.8. The first-order valence-electron chi connectivity index (χ1n) is 8.65. The summed E-state index contributed by atoms with van der Waals surface area (Å²) < 4.78 is 1.83. The van der Waals surface area contributed by atoms with Crippen LogP contribution in [0.5, 0.6) is 0 Å². The van der Waals surface area contributed by atoms with Gasteiger partial charge in [-0.1, -0.05) is 12.1 Å². The Hall–Kier alpha value is -3.03. The minimum Gasteiger partial charge on any atom is -0.356 e. The van der Waals surface area contributed by atoms with Crippen LogP contribution in [0, 0.1) is 13.8 Å². The number of nitrogens with one attached hydrogen (secondary N) is 2. The highest BCUT2D eigenvalue weighted by Crippen LogP contribution is 2.06. The number of carbonyl (C=O) groups excluding carboxylic acids is 1. The third-order valence-corrected chi connectivity index (χ3v) is 4.09. The van der Waals surface area contributed by atoms with Gasteiger partial charge in [-0.2, -0.15) is 5.10 Å². The number of para-hydroxylation sites is 2. The standard InChI is InChI=1S/C18H22N6O2/c1-12-20-13(2)24(23-12)11-5-10-19-17(25)9-8-16-18(26)22-15-7-4-3-6-14(15)21-16/h3-4,6-7H,5,8-11H2,1-2H3,(H,19,25)(H,22,26). The Morgan fingerprint density at radius 2 is 2.04 bits per heavy atom. The lowest BCUT2D eigenvalue weighted by Gasteiger charge is -2.06. The number of hydrogen-bond donors (Lipinski definition) is 2. The molecule has 0 aliphatic heterocycles. The molecular formula is C18H22N6O2. The number of benzene rings is 1. The third kappa shape index (κ3) is 4.33. The molecule has 0 spiro atoms. The quantitative estimate of drug-likeness (QED) is 0.622. The van der Waals surface area contributed by atoms with Gasteiger partial charge in [-0.25, -0.2) is 9.97 Å². The number of aryl methyl sites for hydroxylation is 4. The van der Waals surface area contributed by atoms with Gasteiger partial charge >= 0.3 is 0 Å². The van der Waals surface area contributed by atoms with Crippen LogP contribution >= 0.6 is 0 Å². The minimum absolute atomic E-state index is 0.0918. The summed E-state index contributed by atoms with van der Waals surface area (Å²) in [6.07, 6.45) is 1.31. The highest BCUT2D eigenvalue weighted by atomic mass is 16.1. The summed E-state index contributed by atoms with van der Waals surface area (Å²) in [4.78, 5) is 35.4. The number of aromatic nitrogens is 5. The van der Waals surface area contributed by atoms with E-state index in [4.69, 9.17) is 0 Å². The highest BCUT2D eigenvalue weighted by Gasteiger charge is 2.08. The fourth-order valence-electron chi connectivity index (χ4n) is 2.79. The fourth-order valence-corrected chi connectivity index (χ4v) is 2.79. The van der Waals surface area contributed by atoms with E-state index in [1.54, 1.807) is 6.07 Å². The number of carbonyl (C=O) groups is 1. The molecule has 3 aromatic rings. The second-order valence-electron chi connectivity index (χ2n) is 6.16. The molecule has 0 aliphatic carbocycles. The summed E-state index contributed by atoms with van der Waals surface area (Å²) in [5.41, 5.74) is 1.56. The van der Waals surface area contributed by atoms with Crippen LogP contribution in [0.4, 0.5) is 0 Å². The number of H-pyrrole nitrogens is 1. The SMILES string of the molecule is Cc1nc(C)n(CCCNC(=O)CCc2nc3ccccc3[nH]c2=O)n1. The van der Waals surface area contributed by atoms with Crippen molar-refractivity contribution in [1.82, 2.24) is 30.0 Å². The van der Waals surface area contributed by atoms with Crippen LogP contribution in [-0.4, -0.2) is 37.2 Å². The molecule has 26 heavy (non-hydrogen) atoms. The zero-order chi connectivity index (χ0) is 18.5. The predicted molar refractivity (Wildman–Crippen MR) is 97.8 cm³/mol. The van der Waals surface area contributed by atoms with Crippen molar-refractivity contribution in [3.05, 3.63) is 52.0 Å². The first-order chi connectivity index (χ1) is 12.5. The molecule has 0 aliphatic rings. The molecule has 0 unspecified atom stereocenters. The van der Waals surface area contributed by atoms with Gasteiger partial charge in [0.15, 0.2) is 0 Å². The maximum Gasteiger partial charge on any atom is 0.270 e. The Labute approximate surface area is 150 Å². The molecule has 1 aromatic carbocycles. The van der Waals surface area contributed by atoms with Crippen molar-refractivity contribution in [3.63, 3.8) is 0 Å². The molecule has 3 rings (SSSR count). The van der Waals surface area contributed by atoms with E-state index in [1.165, 1.54) is 0 Å². The van der Waals surface area contributed by atoms with Gasteiger partial charge in [0, 0.05) is 25.9 Å². The summed E-state index contributed by atoms with van der Waals surface area (Å²) in [6, 6.07) is 7.35. The third-order valence-electron chi connectivity index (χ3n) is 4.09. The number of aromatic amines is 1. The van der Waals surface area contributed by atoms with Crippen LogP contribution in [-0.2, 0) is 17.8 Å². The van der Waals surface area contributed by atoms with Crippen LogP contribution in [0.25, 0.3) is 11.0 Å². The Balaban J connectivity index is 1.46. The van der Waals surface area contributed by atoms with Crippen molar-refractivity contribution in [2.45, 2.75) is 39.7 Å². The van der Waals surface area contributed by atoms with Crippen LogP contribution in [0.15, 0.2) is 29.1 Å². The molecule has 0 saturated carbocycles. The van der Waals surface area contributed by atoms with Crippen molar-refractivity contribution in [2.75, 3.05) is 6.54 Å². The number of rotatable bonds is 7. The highest BCUT2D eigenvalue weighted by molar-refractivity contribution is 5.76. The van der Waals surface area contributed by atoms with E-state index < -0.39 is 0 Å². The summed E-state index contributed by atoms with van der Waals surface area (Å²) in [6.45, 7) is 5.03. The molecule has 136 valence electrons. The van der Waals surface area contributed by atoms with E-state index >= 15 is 0 Å². The van der Waals surface area contributed by atoms with Gasteiger partial charge in [0.1, 0.15) is 17.3 Å². The van der Waals surface area contributed by atoms with E-state index in [9.17, 15) is 9.59 Å². The monoisotopic (exact) mass is 354 g/mol. The average Bonchev–Trinajstić information content (AvgIpc) is 2.94. The van der Waals surface area contributed by atoms with Gasteiger partial charge in [0.05, 0.1) is 11.0 Å². The van der Waals surface area contributed by atoms with Gasteiger partial charge < -0.3 is 10.3 Å². The molecule has 0 radical (unpaired) electrons. The van der Waals surface area contributed by atoms with Gasteiger partial charge in [-0.3, -0.25) is 14.3 Å². The van der Waals surface area contributed by atoms with Crippen LogP contribution in [0.2, 0.25) is 0 Å². The van der Waals surface area contributed by atoms with E-state index in [2.05, 4.69) is 25.4 Å². The lowest BCUT2D eigenvalue weighted by Crippen LogP contribution is -2.27. The minimum atomic E-state index is -0.242. The summed E-state index contributed by atoms with van der Waals surface area (Å²) in [5, 5.41) is 7.15. The topological polar surface area (TPSA) is 106 Å². The van der Waals surface area contributed by atoms with E-state index in [1.807, 2.05) is 36.7 Å². The molecule has 0 bridgehead atoms. The van der Waals surface area contributed by atoms with Crippen molar-refractivity contribution in [2.24, 2.45) is 0 Å². The molecule has 0 fully saturated rings. The van der Waals surface area contributed by atoms with Gasteiger partial charge in [0.25, 0.3) is 5.56 Å². The molecule has 0 saturated heterocycles. The van der Waals surface area contributed by atoms with E-state index in [-0.39, 0.29) is 17.9 Å². The zero-order valence-corrected chi connectivity index (χ0v) is 15.0. The predicted octanol–water partition coefficient (Wildman–Crippen LogP) is 1.27. The largest absolute Gasteiger partial charge is 0.356 e. The zero-order valence-electron chi connectivity index (χ0n) is 15.0. The molecule has 2 aromatic heterocycles. The second kappa shape index (κ2) is 7.90. The number of nitrogens with zero attached hydrogens (tertiary/aromatic N) is 4. The maximum absolute atomic E-state index is 12.0. The van der Waals surface area contributed by atoms with Gasteiger partial charge in [0.2, 0.25) is 5.91 Å². The van der Waals surface area contributed by atoms with Crippen LogP contribution < -0.4 is 10.9 Å². The normalized spacial score (nSPS) is 11.0. The molecule has 0 atom stereocenters. The molecule has 8 heteroatoms. The Kier molecular flexibility index (Phi) is 5.40. The van der Waals surface area contributed by atoms with Gasteiger partial charge in [-0.05, 0) is 32.4 Å². The van der Waals surface area contributed by atoms with E-state index in [0.29, 0.717) is 30.7 Å². The van der Waals surface area contributed by atoms with Crippen molar-refractivity contribution in [1.29, 1.82) is 0 Å².